The minimum atomic E-state index is -3.58. The molecule has 0 aliphatic carbocycles. The normalized spacial score (nSPS) is 15.2. The summed E-state index contributed by atoms with van der Waals surface area (Å²) < 4.78 is 32.3. The van der Waals surface area contributed by atoms with Crippen molar-refractivity contribution in [2.24, 2.45) is 5.92 Å². The molecule has 7 nitrogen and oxygen atoms in total. The van der Waals surface area contributed by atoms with Gasteiger partial charge in [-0.25, -0.2) is 13.2 Å². The van der Waals surface area contributed by atoms with Crippen molar-refractivity contribution in [3.05, 3.63) is 65.2 Å². The summed E-state index contributed by atoms with van der Waals surface area (Å²) in [7, 11) is -1.92. The highest BCUT2D eigenvalue weighted by atomic mass is 32.2. The number of benzene rings is 2. The Labute approximate surface area is 196 Å². The Balaban J connectivity index is 1.53. The van der Waals surface area contributed by atoms with Gasteiger partial charge >= 0.3 is 5.97 Å². The molecule has 2 aromatic rings. The SMILES string of the molecule is CCc1ccc(CN(C)C(=O)COC(=O)c2ccc(S(=O)(=O)N3CCC(C)CC3)cc2)cc1. The molecule has 0 spiro atoms. The van der Waals surface area contributed by atoms with E-state index in [4.69, 9.17) is 4.74 Å². The van der Waals surface area contributed by atoms with Gasteiger partial charge in [0.05, 0.1) is 10.5 Å². The van der Waals surface area contributed by atoms with Crippen molar-refractivity contribution in [1.29, 1.82) is 0 Å². The van der Waals surface area contributed by atoms with Crippen LogP contribution in [0.4, 0.5) is 0 Å². The Morgan fingerprint density at radius 1 is 1.00 bits per heavy atom. The van der Waals surface area contributed by atoms with E-state index < -0.39 is 16.0 Å². The minimum absolute atomic E-state index is 0.151. The first-order valence-corrected chi connectivity index (χ1v) is 12.7. The molecule has 1 fully saturated rings. The molecule has 0 N–H and O–H groups in total. The second kappa shape index (κ2) is 10.9. The molecule has 33 heavy (non-hydrogen) atoms. The van der Waals surface area contributed by atoms with Crippen LogP contribution in [0.2, 0.25) is 0 Å². The Morgan fingerprint density at radius 2 is 1.58 bits per heavy atom. The molecule has 8 heteroatoms. The molecular formula is C25H32N2O5S. The van der Waals surface area contributed by atoms with Gasteiger partial charge in [0.15, 0.2) is 6.61 Å². The Hall–Kier alpha value is -2.71. The molecule has 1 aliphatic heterocycles. The highest BCUT2D eigenvalue weighted by molar-refractivity contribution is 7.89. The number of hydrogen-bond donors (Lipinski definition) is 0. The molecule has 0 bridgehead atoms. The van der Waals surface area contributed by atoms with Crippen molar-refractivity contribution in [2.75, 3.05) is 26.7 Å². The van der Waals surface area contributed by atoms with Crippen LogP contribution in [0, 0.1) is 5.92 Å². The molecule has 1 amide bonds. The fourth-order valence-electron chi connectivity index (χ4n) is 3.70. The van der Waals surface area contributed by atoms with Crippen molar-refractivity contribution in [3.63, 3.8) is 0 Å². The molecule has 1 aliphatic rings. The van der Waals surface area contributed by atoms with Crippen molar-refractivity contribution >= 4 is 21.9 Å². The highest BCUT2D eigenvalue weighted by Crippen LogP contribution is 2.23. The van der Waals surface area contributed by atoms with E-state index in [9.17, 15) is 18.0 Å². The number of aryl methyl sites for hydroxylation is 1. The predicted molar refractivity (Wildman–Crippen MR) is 126 cm³/mol. The molecule has 0 unspecified atom stereocenters. The maximum absolute atomic E-state index is 12.8. The van der Waals surface area contributed by atoms with Gasteiger partial charge in [0.2, 0.25) is 10.0 Å². The third-order valence-electron chi connectivity index (χ3n) is 6.07. The van der Waals surface area contributed by atoms with Crippen LogP contribution in [0.5, 0.6) is 0 Å². The number of likely N-dealkylation sites (N-methyl/N-ethyl adjacent to an activating group) is 1. The third-order valence-corrected chi connectivity index (χ3v) is 7.99. The van der Waals surface area contributed by atoms with Crippen LogP contribution in [0.3, 0.4) is 0 Å². The van der Waals surface area contributed by atoms with Crippen molar-refractivity contribution in [1.82, 2.24) is 9.21 Å². The van der Waals surface area contributed by atoms with E-state index >= 15 is 0 Å². The van der Waals surface area contributed by atoms with Crippen molar-refractivity contribution < 1.29 is 22.7 Å². The molecule has 1 heterocycles. The molecule has 178 valence electrons. The van der Waals surface area contributed by atoms with Gasteiger partial charge in [-0.3, -0.25) is 4.79 Å². The molecule has 2 aromatic carbocycles. The first-order valence-electron chi connectivity index (χ1n) is 11.3. The lowest BCUT2D eigenvalue weighted by Crippen LogP contribution is -2.37. The zero-order valence-electron chi connectivity index (χ0n) is 19.5. The molecule has 0 atom stereocenters. The molecule has 3 rings (SSSR count). The second-order valence-corrected chi connectivity index (χ2v) is 10.5. The highest BCUT2D eigenvalue weighted by Gasteiger charge is 2.28. The van der Waals surface area contributed by atoms with Crippen molar-refractivity contribution in [3.8, 4) is 0 Å². The lowest BCUT2D eigenvalue weighted by atomic mass is 10.0. The largest absolute Gasteiger partial charge is 0.452 e. The Morgan fingerprint density at radius 3 is 2.15 bits per heavy atom. The van der Waals surface area contributed by atoms with Gasteiger partial charge in [-0.05, 0) is 60.6 Å². The van der Waals surface area contributed by atoms with E-state index in [1.807, 2.05) is 24.3 Å². The summed E-state index contributed by atoms with van der Waals surface area (Å²) in [6.45, 7) is 5.25. The average Bonchev–Trinajstić information content (AvgIpc) is 2.83. The summed E-state index contributed by atoms with van der Waals surface area (Å²) in [6, 6.07) is 13.7. The molecule has 0 aromatic heterocycles. The third kappa shape index (κ3) is 6.42. The standard InChI is InChI=1S/C25H32N2O5S/c1-4-20-5-7-21(8-6-20)17-26(3)24(28)18-32-25(29)22-9-11-23(12-10-22)33(30,31)27-15-13-19(2)14-16-27/h5-12,19H,4,13-18H2,1-3H3. The summed E-state index contributed by atoms with van der Waals surface area (Å²) in [5, 5.41) is 0. The zero-order chi connectivity index (χ0) is 24.0. The van der Waals surface area contributed by atoms with Gasteiger partial charge in [-0.15, -0.1) is 0 Å². The Bertz CT molecular complexity index is 1060. The lowest BCUT2D eigenvalue weighted by Gasteiger charge is -2.29. The number of piperidine rings is 1. The van der Waals surface area contributed by atoms with E-state index in [0.29, 0.717) is 25.6 Å². The molecule has 1 saturated heterocycles. The number of nitrogens with zero attached hydrogens (tertiary/aromatic N) is 2. The lowest BCUT2D eigenvalue weighted by molar-refractivity contribution is -0.133. The summed E-state index contributed by atoms with van der Waals surface area (Å²) in [5.74, 6) is -0.460. The number of esters is 1. The van der Waals surface area contributed by atoms with Crippen molar-refractivity contribution in [2.45, 2.75) is 44.6 Å². The predicted octanol–water partition coefficient (Wildman–Crippen LogP) is 3.49. The van der Waals surface area contributed by atoms with Crippen LogP contribution in [0.15, 0.2) is 53.4 Å². The number of carbonyl (C=O) groups is 2. The first kappa shape index (κ1) is 24.9. The number of amides is 1. The van der Waals surface area contributed by atoms with Crippen LogP contribution in [-0.2, 0) is 32.5 Å². The summed E-state index contributed by atoms with van der Waals surface area (Å²) >= 11 is 0. The fourth-order valence-corrected chi connectivity index (χ4v) is 5.17. The van der Waals surface area contributed by atoms with Gasteiger partial charge in [-0.1, -0.05) is 38.1 Å². The number of ether oxygens (including phenoxy) is 1. The van der Waals surface area contributed by atoms with E-state index in [1.165, 1.54) is 39.0 Å². The maximum atomic E-state index is 12.8. The van der Waals surface area contributed by atoms with E-state index in [0.717, 1.165) is 24.8 Å². The Kier molecular flexibility index (Phi) is 8.26. The average molecular weight is 473 g/mol. The van der Waals surface area contributed by atoms with Crippen LogP contribution in [0.25, 0.3) is 0 Å². The molecule has 0 saturated carbocycles. The van der Waals surface area contributed by atoms with E-state index in [1.54, 1.807) is 7.05 Å². The van der Waals surface area contributed by atoms with Crippen LogP contribution >= 0.6 is 0 Å². The fraction of sp³-hybridized carbons (Fsp3) is 0.440. The van der Waals surface area contributed by atoms with Gasteiger partial charge < -0.3 is 9.64 Å². The van der Waals surface area contributed by atoms with Crippen LogP contribution in [0.1, 0.15) is 48.2 Å². The maximum Gasteiger partial charge on any atom is 0.338 e. The van der Waals surface area contributed by atoms with Gasteiger partial charge in [0, 0.05) is 26.7 Å². The smallest absolute Gasteiger partial charge is 0.338 e. The first-order chi connectivity index (χ1) is 15.7. The summed E-state index contributed by atoms with van der Waals surface area (Å²) in [4.78, 5) is 26.4. The number of rotatable bonds is 8. The van der Waals surface area contributed by atoms with Gasteiger partial charge in [0.1, 0.15) is 0 Å². The van der Waals surface area contributed by atoms with E-state index in [-0.39, 0.29) is 23.0 Å². The van der Waals surface area contributed by atoms with Crippen LogP contribution < -0.4 is 0 Å². The topological polar surface area (TPSA) is 84.0 Å². The quantitative estimate of drug-likeness (QED) is 0.549. The molecule has 0 radical (unpaired) electrons. The summed E-state index contributed by atoms with van der Waals surface area (Å²) in [5.41, 5.74) is 2.42. The monoisotopic (exact) mass is 472 g/mol. The van der Waals surface area contributed by atoms with Gasteiger partial charge in [0.25, 0.3) is 5.91 Å². The summed E-state index contributed by atoms with van der Waals surface area (Å²) in [6.07, 6.45) is 2.64. The molecular weight excluding hydrogens is 440 g/mol. The number of hydrogen-bond acceptors (Lipinski definition) is 5. The van der Waals surface area contributed by atoms with Crippen LogP contribution in [-0.4, -0.2) is 56.2 Å². The number of sulfonamides is 1. The van der Waals surface area contributed by atoms with Gasteiger partial charge in [-0.2, -0.15) is 4.31 Å². The minimum Gasteiger partial charge on any atom is -0.452 e. The number of carbonyl (C=O) groups excluding carboxylic acids is 2. The van der Waals surface area contributed by atoms with E-state index in [2.05, 4.69) is 13.8 Å². The second-order valence-electron chi connectivity index (χ2n) is 8.61. The zero-order valence-corrected chi connectivity index (χ0v) is 20.3.